The van der Waals surface area contributed by atoms with Crippen molar-refractivity contribution in [2.24, 2.45) is 0 Å². The number of carbonyl (C=O) groups is 1. The first-order chi connectivity index (χ1) is 13.7. The SMILES string of the molecule is COc1cccc([C@@H](C)NC(=O)c2c(C)noc2-c2cccc(C(F)(F)F)c2)c1. The Morgan fingerprint density at radius 2 is 1.90 bits per heavy atom. The van der Waals surface area contributed by atoms with Crippen LogP contribution in [0.5, 0.6) is 5.75 Å². The molecule has 0 bridgehead atoms. The van der Waals surface area contributed by atoms with Gasteiger partial charge in [-0.05, 0) is 43.7 Å². The van der Waals surface area contributed by atoms with Gasteiger partial charge in [-0.2, -0.15) is 13.2 Å². The number of carbonyl (C=O) groups excluding carboxylic acids is 1. The fourth-order valence-corrected chi connectivity index (χ4v) is 2.93. The fourth-order valence-electron chi connectivity index (χ4n) is 2.93. The summed E-state index contributed by atoms with van der Waals surface area (Å²) in [6, 6.07) is 11.4. The molecular formula is C21H19F3N2O3. The van der Waals surface area contributed by atoms with E-state index >= 15 is 0 Å². The number of ether oxygens (including phenoxy) is 1. The van der Waals surface area contributed by atoms with Gasteiger partial charge < -0.3 is 14.6 Å². The average Bonchev–Trinajstić information content (AvgIpc) is 3.09. The molecule has 1 atom stereocenters. The monoisotopic (exact) mass is 404 g/mol. The van der Waals surface area contributed by atoms with Crippen molar-refractivity contribution in [2.75, 3.05) is 7.11 Å². The molecule has 152 valence electrons. The number of hydrogen-bond donors (Lipinski definition) is 1. The Morgan fingerprint density at radius 1 is 1.17 bits per heavy atom. The predicted octanol–water partition coefficient (Wildman–Crippen LogP) is 5.17. The molecule has 0 aliphatic rings. The van der Waals surface area contributed by atoms with Crippen LogP contribution < -0.4 is 10.1 Å². The van der Waals surface area contributed by atoms with E-state index in [-0.39, 0.29) is 28.6 Å². The molecule has 0 saturated carbocycles. The lowest BCUT2D eigenvalue weighted by atomic mass is 10.0. The summed E-state index contributed by atoms with van der Waals surface area (Å²) in [5.74, 6) is 0.143. The van der Waals surface area contributed by atoms with Crippen LogP contribution in [0.25, 0.3) is 11.3 Å². The van der Waals surface area contributed by atoms with Crippen molar-refractivity contribution in [3.8, 4) is 17.1 Å². The maximum Gasteiger partial charge on any atom is 0.416 e. The summed E-state index contributed by atoms with van der Waals surface area (Å²) in [5, 5.41) is 6.61. The van der Waals surface area contributed by atoms with Crippen LogP contribution in [0.3, 0.4) is 0 Å². The van der Waals surface area contributed by atoms with Gasteiger partial charge >= 0.3 is 6.18 Å². The van der Waals surface area contributed by atoms with Crippen molar-refractivity contribution in [1.82, 2.24) is 10.5 Å². The Kier molecular flexibility index (Phi) is 5.63. The zero-order chi connectivity index (χ0) is 21.2. The number of amides is 1. The molecule has 1 aromatic heterocycles. The van der Waals surface area contributed by atoms with Gasteiger partial charge in [-0.3, -0.25) is 4.79 Å². The minimum absolute atomic E-state index is 0.0102. The molecule has 0 spiro atoms. The second-order valence-electron chi connectivity index (χ2n) is 6.52. The summed E-state index contributed by atoms with van der Waals surface area (Å²) >= 11 is 0. The molecule has 3 aromatic rings. The number of aromatic nitrogens is 1. The number of benzene rings is 2. The van der Waals surface area contributed by atoms with Crippen LogP contribution in [0, 0.1) is 6.92 Å². The zero-order valence-electron chi connectivity index (χ0n) is 16.0. The average molecular weight is 404 g/mol. The first kappa shape index (κ1) is 20.4. The number of rotatable bonds is 5. The Morgan fingerprint density at radius 3 is 2.59 bits per heavy atom. The van der Waals surface area contributed by atoms with Crippen LogP contribution in [0.2, 0.25) is 0 Å². The molecule has 1 heterocycles. The van der Waals surface area contributed by atoms with E-state index in [4.69, 9.17) is 9.26 Å². The Hall–Kier alpha value is -3.29. The maximum atomic E-state index is 13.0. The highest BCUT2D eigenvalue weighted by atomic mass is 19.4. The summed E-state index contributed by atoms with van der Waals surface area (Å²) < 4.78 is 49.5. The Bertz CT molecular complexity index is 1030. The molecule has 5 nitrogen and oxygen atoms in total. The highest BCUT2D eigenvalue weighted by Gasteiger charge is 2.31. The molecule has 1 N–H and O–H groups in total. The van der Waals surface area contributed by atoms with Crippen molar-refractivity contribution in [2.45, 2.75) is 26.1 Å². The molecule has 0 radical (unpaired) electrons. The highest BCUT2D eigenvalue weighted by molar-refractivity contribution is 6.00. The topological polar surface area (TPSA) is 64.4 Å². The van der Waals surface area contributed by atoms with Crippen LogP contribution in [0.1, 0.15) is 40.1 Å². The van der Waals surface area contributed by atoms with Gasteiger partial charge in [0, 0.05) is 5.56 Å². The van der Waals surface area contributed by atoms with Crippen molar-refractivity contribution in [1.29, 1.82) is 0 Å². The molecule has 1 amide bonds. The second kappa shape index (κ2) is 7.98. The molecule has 8 heteroatoms. The van der Waals surface area contributed by atoms with Crippen LogP contribution in [0.4, 0.5) is 13.2 Å². The van der Waals surface area contributed by atoms with Crippen molar-refractivity contribution >= 4 is 5.91 Å². The van der Waals surface area contributed by atoms with E-state index in [2.05, 4.69) is 10.5 Å². The van der Waals surface area contributed by atoms with Crippen LogP contribution >= 0.6 is 0 Å². The largest absolute Gasteiger partial charge is 0.497 e. The third kappa shape index (κ3) is 4.42. The number of halogens is 3. The standard InChI is InChI=1S/C21H19F3N2O3/c1-12(14-6-5-9-17(11-14)28-3)25-20(27)18-13(2)26-29-19(18)15-7-4-8-16(10-15)21(22,23)24/h4-12H,1-3H3,(H,25,27)/t12-/m1/s1. The van der Waals surface area contributed by atoms with Crippen LogP contribution in [0.15, 0.2) is 53.1 Å². The van der Waals surface area contributed by atoms with Crippen LogP contribution in [-0.2, 0) is 6.18 Å². The molecule has 0 aliphatic heterocycles. The van der Waals surface area contributed by atoms with Crippen molar-refractivity contribution in [3.63, 3.8) is 0 Å². The summed E-state index contributed by atoms with van der Waals surface area (Å²) in [6.45, 7) is 3.35. The van der Waals surface area contributed by atoms with E-state index in [0.717, 1.165) is 17.7 Å². The minimum Gasteiger partial charge on any atom is -0.497 e. The molecule has 0 fully saturated rings. The first-order valence-corrected chi connectivity index (χ1v) is 8.79. The summed E-state index contributed by atoms with van der Waals surface area (Å²) in [5.41, 5.74) is 0.485. The van der Waals surface area contributed by atoms with Gasteiger partial charge in [-0.15, -0.1) is 0 Å². The number of aryl methyl sites for hydroxylation is 1. The predicted molar refractivity (Wildman–Crippen MR) is 101 cm³/mol. The van der Waals surface area contributed by atoms with Gasteiger partial charge in [0.05, 0.1) is 24.4 Å². The molecule has 29 heavy (non-hydrogen) atoms. The quantitative estimate of drug-likeness (QED) is 0.637. The number of nitrogens with zero attached hydrogens (tertiary/aromatic N) is 1. The molecule has 0 saturated heterocycles. The number of methoxy groups -OCH3 is 1. The van der Waals surface area contributed by atoms with E-state index in [1.54, 1.807) is 39.2 Å². The van der Waals surface area contributed by atoms with Gasteiger partial charge in [0.15, 0.2) is 5.76 Å². The number of hydrogen-bond acceptors (Lipinski definition) is 4. The fraction of sp³-hybridized carbons (Fsp3) is 0.238. The molecule has 2 aromatic carbocycles. The van der Waals surface area contributed by atoms with Crippen LogP contribution in [-0.4, -0.2) is 18.2 Å². The van der Waals surface area contributed by atoms with E-state index in [1.807, 2.05) is 6.07 Å². The van der Waals surface area contributed by atoms with Gasteiger partial charge in [0.2, 0.25) is 0 Å². The van der Waals surface area contributed by atoms with E-state index in [1.165, 1.54) is 12.1 Å². The van der Waals surface area contributed by atoms with Crippen molar-refractivity contribution in [3.05, 3.63) is 70.9 Å². The Labute approximate surface area is 165 Å². The molecule has 3 rings (SSSR count). The summed E-state index contributed by atoms with van der Waals surface area (Å²) in [4.78, 5) is 12.9. The zero-order valence-corrected chi connectivity index (χ0v) is 16.0. The van der Waals surface area contributed by atoms with Gasteiger partial charge in [-0.1, -0.05) is 29.4 Å². The molecule has 0 unspecified atom stereocenters. The third-order valence-corrected chi connectivity index (χ3v) is 4.48. The summed E-state index contributed by atoms with van der Waals surface area (Å²) in [6.07, 6.45) is -4.51. The lowest BCUT2D eigenvalue weighted by Crippen LogP contribution is -2.27. The normalized spacial score (nSPS) is 12.5. The molecule has 0 aliphatic carbocycles. The minimum atomic E-state index is -4.51. The van der Waals surface area contributed by atoms with Gasteiger partial charge in [0.25, 0.3) is 5.91 Å². The Balaban J connectivity index is 1.90. The lowest BCUT2D eigenvalue weighted by molar-refractivity contribution is -0.137. The van der Waals surface area contributed by atoms with Gasteiger partial charge in [-0.25, -0.2) is 0 Å². The smallest absolute Gasteiger partial charge is 0.416 e. The number of alkyl halides is 3. The van der Waals surface area contributed by atoms with Gasteiger partial charge in [0.1, 0.15) is 11.3 Å². The molecular weight excluding hydrogens is 385 g/mol. The van der Waals surface area contributed by atoms with Crippen molar-refractivity contribution < 1.29 is 27.2 Å². The first-order valence-electron chi connectivity index (χ1n) is 8.79. The number of nitrogens with one attached hydrogen (secondary N) is 1. The highest BCUT2D eigenvalue weighted by Crippen LogP contribution is 2.34. The second-order valence-corrected chi connectivity index (χ2v) is 6.52. The van der Waals surface area contributed by atoms with E-state index < -0.39 is 17.6 Å². The van der Waals surface area contributed by atoms with E-state index in [0.29, 0.717) is 5.75 Å². The van der Waals surface area contributed by atoms with E-state index in [9.17, 15) is 18.0 Å². The third-order valence-electron chi connectivity index (χ3n) is 4.48. The summed E-state index contributed by atoms with van der Waals surface area (Å²) in [7, 11) is 1.55. The lowest BCUT2D eigenvalue weighted by Gasteiger charge is -2.15. The maximum absolute atomic E-state index is 13.0.